The lowest BCUT2D eigenvalue weighted by Gasteiger charge is -2.12. The third-order valence-electron chi connectivity index (χ3n) is 3.55. The second kappa shape index (κ2) is 5.76. The van der Waals surface area contributed by atoms with Gasteiger partial charge in [0.25, 0.3) is 0 Å². The van der Waals surface area contributed by atoms with E-state index in [4.69, 9.17) is 22.1 Å². The molecular formula is C18H16ClNO. The zero-order valence-corrected chi connectivity index (χ0v) is 12.5. The summed E-state index contributed by atoms with van der Waals surface area (Å²) in [6.45, 7) is 2.48. The van der Waals surface area contributed by atoms with Gasteiger partial charge in [-0.25, -0.2) is 0 Å². The normalized spacial score (nSPS) is 10.8. The molecule has 0 aromatic heterocycles. The smallest absolute Gasteiger partial charge is 0.135 e. The summed E-state index contributed by atoms with van der Waals surface area (Å²) < 4.78 is 6.03. The summed E-state index contributed by atoms with van der Waals surface area (Å²) in [6.07, 6.45) is 0. The van der Waals surface area contributed by atoms with E-state index >= 15 is 0 Å². The second-order valence-electron chi connectivity index (χ2n) is 4.99. The Labute approximate surface area is 129 Å². The van der Waals surface area contributed by atoms with Gasteiger partial charge in [0.1, 0.15) is 11.5 Å². The van der Waals surface area contributed by atoms with Crippen molar-refractivity contribution in [3.05, 3.63) is 70.7 Å². The molecule has 0 heterocycles. The van der Waals surface area contributed by atoms with Crippen LogP contribution in [0.3, 0.4) is 0 Å². The van der Waals surface area contributed by atoms with Crippen LogP contribution in [-0.2, 0) is 6.54 Å². The van der Waals surface area contributed by atoms with Gasteiger partial charge in [-0.1, -0.05) is 41.9 Å². The van der Waals surface area contributed by atoms with Crippen LogP contribution >= 0.6 is 11.6 Å². The molecule has 0 fully saturated rings. The van der Waals surface area contributed by atoms with Crippen molar-refractivity contribution >= 4 is 22.4 Å². The summed E-state index contributed by atoms with van der Waals surface area (Å²) in [7, 11) is 0. The van der Waals surface area contributed by atoms with Gasteiger partial charge in [-0.05, 0) is 47.7 Å². The van der Waals surface area contributed by atoms with Crippen LogP contribution in [0, 0.1) is 6.92 Å². The quantitative estimate of drug-likeness (QED) is 0.734. The molecule has 3 rings (SSSR count). The maximum Gasteiger partial charge on any atom is 0.135 e. The Kier molecular flexibility index (Phi) is 3.82. The van der Waals surface area contributed by atoms with E-state index in [1.807, 2.05) is 55.5 Å². The van der Waals surface area contributed by atoms with Crippen LogP contribution in [0.15, 0.2) is 54.6 Å². The Morgan fingerprint density at radius 1 is 1.00 bits per heavy atom. The van der Waals surface area contributed by atoms with Gasteiger partial charge < -0.3 is 10.5 Å². The molecule has 3 aromatic carbocycles. The van der Waals surface area contributed by atoms with Gasteiger partial charge in [0.05, 0.1) is 0 Å². The van der Waals surface area contributed by atoms with Gasteiger partial charge in [-0.2, -0.15) is 0 Å². The summed E-state index contributed by atoms with van der Waals surface area (Å²) in [5.74, 6) is 1.60. The van der Waals surface area contributed by atoms with Crippen LogP contribution < -0.4 is 10.5 Å². The van der Waals surface area contributed by atoms with Crippen molar-refractivity contribution in [2.45, 2.75) is 13.5 Å². The molecule has 0 radical (unpaired) electrons. The number of nitrogens with two attached hydrogens (primary N) is 1. The van der Waals surface area contributed by atoms with Gasteiger partial charge in [-0.3, -0.25) is 0 Å². The SMILES string of the molecule is Cc1cc(Oc2ccc(CN)c3ccccc23)ccc1Cl. The molecule has 0 spiro atoms. The first-order chi connectivity index (χ1) is 10.2. The molecule has 0 aliphatic carbocycles. The van der Waals surface area contributed by atoms with E-state index in [1.165, 1.54) is 0 Å². The lowest BCUT2D eigenvalue weighted by molar-refractivity contribution is 0.488. The Morgan fingerprint density at radius 2 is 1.76 bits per heavy atom. The number of benzene rings is 3. The van der Waals surface area contributed by atoms with Crippen LogP contribution in [0.2, 0.25) is 5.02 Å². The van der Waals surface area contributed by atoms with E-state index in [0.717, 1.165) is 38.4 Å². The Balaban J connectivity index is 2.06. The van der Waals surface area contributed by atoms with E-state index in [9.17, 15) is 0 Å². The molecule has 0 saturated carbocycles. The molecule has 0 atom stereocenters. The molecule has 2 nitrogen and oxygen atoms in total. The van der Waals surface area contributed by atoms with Crippen LogP contribution in [0.5, 0.6) is 11.5 Å². The number of hydrogen-bond donors (Lipinski definition) is 1. The third kappa shape index (κ3) is 2.73. The molecule has 0 bridgehead atoms. The lowest BCUT2D eigenvalue weighted by atomic mass is 10.0. The van der Waals surface area contributed by atoms with Crippen LogP contribution in [-0.4, -0.2) is 0 Å². The average molecular weight is 298 g/mol. The zero-order valence-electron chi connectivity index (χ0n) is 11.8. The molecule has 0 saturated heterocycles. The summed E-state index contributed by atoms with van der Waals surface area (Å²) in [5.41, 5.74) is 7.91. The highest BCUT2D eigenvalue weighted by molar-refractivity contribution is 6.31. The first kappa shape index (κ1) is 13.9. The van der Waals surface area contributed by atoms with E-state index in [-0.39, 0.29) is 0 Å². The molecule has 3 heteroatoms. The largest absolute Gasteiger partial charge is 0.457 e. The number of rotatable bonds is 3. The Morgan fingerprint density at radius 3 is 2.48 bits per heavy atom. The topological polar surface area (TPSA) is 35.2 Å². The van der Waals surface area contributed by atoms with E-state index in [1.54, 1.807) is 0 Å². The van der Waals surface area contributed by atoms with Crippen molar-refractivity contribution in [1.29, 1.82) is 0 Å². The molecule has 3 aromatic rings. The maximum atomic E-state index is 6.05. The van der Waals surface area contributed by atoms with Gasteiger partial charge in [0.2, 0.25) is 0 Å². The van der Waals surface area contributed by atoms with Crippen LogP contribution in [0.1, 0.15) is 11.1 Å². The van der Waals surface area contributed by atoms with Crippen LogP contribution in [0.25, 0.3) is 10.8 Å². The van der Waals surface area contributed by atoms with Gasteiger partial charge in [0, 0.05) is 17.0 Å². The van der Waals surface area contributed by atoms with Crippen LogP contribution in [0.4, 0.5) is 0 Å². The monoisotopic (exact) mass is 297 g/mol. The summed E-state index contributed by atoms with van der Waals surface area (Å²) in [4.78, 5) is 0. The minimum absolute atomic E-state index is 0.515. The van der Waals surface area contributed by atoms with Crippen molar-refractivity contribution in [3.63, 3.8) is 0 Å². The van der Waals surface area contributed by atoms with Gasteiger partial charge >= 0.3 is 0 Å². The fourth-order valence-electron chi connectivity index (χ4n) is 2.41. The summed E-state index contributed by atoms with van der Waals surface area (Å²) >= 11 is 6.05. The molecule has 21 heavy (non-hydrogen) atoms. The summed E-state index contributed by atoms with van der Waals surface area (Å²) in [5, 5.41) is 2.93. The summed E-state index contributed by atoms with van der Waals surface area (Å²) in [6, 6.07) is 17.8. The predicted molar refractivity (Wildman–Crippen MR) is 88.1 cm³/mol. The van der Waals surface area contributed by atoms with Gasteiger partial charge in [-0.15, -0.1) is 0 Å². The number of aryl methyl sites for hydroxylation is 1. The molecule has 0 amide bonds. The molecule has 2 N–H and O–H groups in total. The second-order valence-corrected chi connectivity index (χ2v) is 5.39. The van der Waals surface area contributed by atoms with Crippen molar-refractivity contribution in [2.75, 3.05) is 0 Å². The molecule has 0 unspecified atom stereocenters. The van der Waals surface area contributed by atoms with Crippen molar-refractivity contribution in [3.8, 4) is 11.5 Å². The molecular weight excluding hydrogens is 282 g/mol. The minimum atomic E-state index is 0.515. The highest BCUT2D eigenvalue weighted by atomic mass is 35.5. The standard InChI is InChI=1S/C18H16ClNO/c1-12-10-14(7-8-17(12)19)21-18-9-6-13(11-20)15-4-2-3-5-16(15)18/h2-10H,11,20H2,1H3. The lowest BCUT2D eigenvalue weighted by Crippen LogP contribution is -1.98. The fraction of sp³-hybridized carbons (Fsp3) is 0.111. The molecule has 0 aliphatic heterocycles. The minimum Gasteiger partial charge on any atom is -0.457 e. The maximum absolute atomic E-state index is 6.05. The van der Waals surface area contributed by atoms with Crippen molar-refractivity contribution in [1.82, 2.24) is 0 Å². The van der Waals surface area contributed by atoms with E-state index < -0.39 is 0 Å². The first-order valence-electron chi connectivity index (χ1n) is 6.84. The van der Waals surface area contributed by atoms with Crippen molar-refractivity contribution < 1.29 is 4.74 Å². The Hall–Kier alpha value is -2.03. The number of ether oxygens (including phenoxy) is 1. The predicted octanol–water partition coefficient (Wildman–Crippen LogP) is 5.05. The van der Waals surface area contributed by atoms with Gasteiger partial charge in [0.15, 0.2) is 0 Å². The molecule has 106 valence electrons. The highest BCUT2D eigenvalue weighted by Gasteiger charge is 2.07. The third-order valence-corrected chi connectivity index (χ3v) is 3.98. The highest BCUT2D eigenvalue weighted by Crippen LogP contribution is 2.33. The number of hydrogen-bond acceptors (Lipinski definition) is 2. The fourth-order valence-corrected chi connectivity index (χ4v) is 2.53. The number of fused-ring (bicyclic) bond motifs is 1. The zero-order chi connectivity index (χ0) is 14.8. The first-order valence-corrected chi connectivity index (χ1v) is 7.21. The number of halogens is 1. The molecule has 0 aliphatic rings. The van der Waals surface area contributed by atoms with Crippen molar-refractivity contribution in [2.24, 2.45) is 5.73 Å². The van der Waals surface area contributed by atoms with E-state index in [2.05, 4.69) is 6.07 Å². The average Bonchev–Trinajstić information content (AvgIpc) is 2.51. The Bertz CT molecular complexity index is 798. The van der Waals surface area contributed by atoms with E-state index in [0.29, 0.717) is 6.54 Å².